The van der Waals surface area contributed by atoms with E-state index in [0.29, 0.717) is 38.3 Å². The second-order valence-electron chi connectivity index (χ2n) is 3.69. The van der Waals surface area contributed by atoms with Crippen molar-refractivity contribution in [3.05, 3.63) is 12.7 Å². The van der Waals surface area contributed by atoms with Crippen LogP contribution in [0.15, 0.2) is 12.7 Å². The molecular formula is C10H16N8O2. The monoisotopic (exact) mass is 280 g/mol. The molecule has 2 rings (SSSR count). The number of nitrogens with one attached hydrogen (secondary N) is 1. The number of hydrogen-bond acceptors (Lipinski definition) is 9. The molecule has 0 fully saturated rings. The van der Waals surface area contributed by atoms with Crippen molar-refractivity contribution in [2.75, 3.05) is 44.5 Å². The minimum absolute atomic E-state index is 0.105. The summed E-state index contributed by atoms with van der Waals surface area (Å²) in [6, 6.07) is 0. The molecule has 20 heavy (non-hydrogen) atoms. The Morgan fingerprint density at radius 3 is 2.90 bits per heavy atom. The van der Waals surface area contributed by atoms with Crippen LogP contribution < -0.4 is 11.1 Å². The van der Waals surface area contributed by atoms with Gasteiger partial charge in [-0.25, -0.2) is 4.98 Å². The van der Waals surface area contributed by atoms with E-state index in [1.165, 1.54) is 17.3 Å². The lowest BCUT2D eigenvalue weighted by atomic mass is 10.6. The Morgan fingerprint density at radius 2 is 2.15 bits per heavy atom. The van der Waals surface area contributed by atoms with Crippen LogP contribution in [0.3, 0.4) is 0 Å². The Morgan fingerprint density at radius 1 is 1.25 bits per heavy atom. The molecule has 0 amide bonds. The van der Waals surface area contributed by atoms with Gasteiger partial charge in [0.1, 0.15) is 12.7 Å². The molecule has 2 aromatic rings. The fraction of sp³-hybridized carbons (Fsp3) is 0.500. The minimum atomic E-state index is 0.105. The van der Waals surface area contributed by atoms with E-state index in [9.17, 15) is 0 Å². The van der Waals surface area contributed by atoms with Crippen LogP contribution in [0.5, 0.6) is 0 Å². The zero-order valence-electron chi connectivity index (χ0n) is 11.1. The average molecular weight is 280 g/mol. The molecule has 0 aliphatic carbocycles. The van der Waals surface area contributed by atoms with E-state index in [1.807, 2.05) is 0 Å². The normalized spacial score (nSPS) is 10.7. The van der Waals surface area contributed by atoms with Gasteiger partial charge in [0.25, 0.3) is 5.95 Å². The van der Waals surface area contributed by atoms with Gasteiger partial charge in [-0.2, -0.15) is 24.7 Å². The van der Waals surface area contributed by atoms with Crippen molar-refractivity contribution in [3.63, 3.8) is 0 Å². The zero-order chi connectivity index (χ0) is 14.2. The summed E-state index contributed by atoms with van der Waals surface area (Å²) in [4.78, 5) is 16.0. The molecule has 10 nitrogen and oxygen atoms in total. The highest BCUT2D eigenvalue weighted by Gasteiger charge is 2.06. The molecule has 0 aliphatic rings. The molecule has 108 valence electrons. The van der Waals surface area contributed by atoms with Gasteiger partial charge < -0.3 is 20.5 Å². The van der Waals surface area contributed by atoms with Crippen LogP contribution in [-0.2, 0) is 9.47 Å². The summed E-state index contributed by atoms with van der Waals surface area (Å²) in [5, 5.41) is 6.92. The Balaban J connectivity index is 1.88. The van der Waals surface area contributed by atoms with Gasteiger partial charge in [-0.05, 0) is 0 Å². The molecule has 0 aromatic carbocycles. The SMILES string of the molecule is COCCOCCNc1nc(N)nc(-n2cncn2)n1. The molecule has 3 N–H and O–H groups in total. The second-order valence-corrected chi connectivity index (χ2v) is 3.69. The lowest BCUT2D eigenvalue weighted by molar-refractivity contribution is 0.0759. The van der Waals surface area contributed by atoms with Gasteiger partial charge in [0.15, 0.2) is 0 Å². The van der Waals surface area contributed by atoms with Crippen LogP contribution in [0.1, 0.15) is 0 Å². The fourth-order valence-corrected chi connectivity index (χ4v) is 1.35. The standard InChI is InChI=1S/C10H16N8O2/c1-19-4-5-20-3-2-13-9-15-8(11)16-10(17-9)18-7-12-6-14-18/h6-7H,2-5H2,1H3,(H3,11,13,15,16,17). The number of hydrogen-bond donors (Lipinski definition) is 2. The smallest absolute Gasteiger partial charge is 0.258 e. The third-order valence-electron chi connectivity index (χ3n) is 2.23. The Hall–Kier alpha value is -2.33. The van der Waals surface area contributed by atoms with Crippen LogP contribution in [0.2, 0.25) is 0 Å². The van der Waals surface area contributed by atoms with Gasteiger partial charge in [-0.3, -0.25) is 0 Å². The molecule has 0 bridgehead atoms. The first kappa shape index (κ1) is 14.1. The molecule has 10 heteroatoms. The molecule has 0 radical (unpaired) electrons. The van der Waals surface area contributed by atoms with Crippen LogP contribution in [0.4, 0.5) is 11.9 Å². The molecule has 0 saturated carbocycles. The number of anilines is 2. The van der Waals surface area contributed by atoms with Crippen molar-refractivity contribution >= 4 is 11.9 Å². The summed E-state index contributed by atoms with van der Waals surface area (Å²) in [5.41, 5.74) is 5.62. The molecule has 2 heterocycles. The largest absolute Gasteiger partial charge is 0.382 e. The number of rotatable bonds is 8. The van der Waals surface area contributed by atoms with Crippen molar-refractivity contribution in [3.8, 4) is 5.95 Å². The summed E-state index contributed by atoms with van der Waals surface area (Å²) >= 11 is 0. The van der Waals surface area contributed by atoms with Crippen LogP contribution in [-0.4, -0.2) is 63.2 Å². The molecule has 0 saturated heterocycles. The third-order valence-corrected chi connectivity index (χ3v) is 2.23. The molecule has 2 aromatic heterocycles. The lowest BCUT2D eigenvalue weighted by Gasteiger charge is -2.07. The summed E-state index contributed by atoms with van der Waals surface area (Å²) in [7, 11) is 1.63. The van der Waals surface area contributed by atoms with Crippen LogP contribution in [0.25, 0.3) is 5.95 Å². The van der Waals surface area contributed by atoms with Gasteiger partial charge in [0, 0.05) is 13.7 Å². The average Bonchev–Trinajstić information content (AvgIpc) is 2.96. The minimum Gasteiger partial charge on any atom is -0.382 e. The maximum absolute atomic E-state index is 5.62. The fourth-order valence-electron chi connectivity index (χ4n) is 1.35. The lowest BCUT2D eigenvalue weighted by Crippen LogP contribution is -2.16. The van der Waals surface area contributed by atoms with E-state index in [2.05, 4.69) is 30.4 Å². The number of ether oxygens (including phenoxy) is 2. The summed E-state index contributed by atoms with van der Waals surface area (Å²) in [5.74, 6) is 0.768. The molecule has 0 spiro atoms. The third kappa shape index (κ3) is 4.10. The Labute approximate surface area is 115 Å². The predicted octanol–water partition coefficient (Wildman–Crippen LogP) is -0.891. The van der Waals surface area contributed by atoms with E-state index >= 15 is 0 Å². The van der Waals surface area contributed by atoms with Crippen molar-refractivity contribution < 1.29 is 9.47 Å². The second kappa shape index (κ2) is 7.31. The van der Waals surface area contributed by atoms with E-state index in [-0.39, 0.29) is 5.95 Å². The van der Waals surface area contributed by atoms with Gasteiger partial charge in [0.2, 0.25) is 11.9 Å². The van der Waals surface area contributed by atoms with Crippen molar-refractivity contribution in [1.82, 2.24) is 29.7 Å². The first-order chi connectivity index (χ1) is 9.79. The van der Waals surface area contributed by atoms with Crippen LogP contribution >= 0.6 is 0 Å². The molecule has 0 atom stereocenters. The molecule has 0 aliphatic heterocycles. The quantitative estimate of drug-likeness (QED) is 0.592. The van der Waals surface area contributed by atoms with E-state index in [1.54, 1.807) is 7.11 Å². The predicted molar refractivity (Wildman–Crippen MR) is 70.3 cm³/mol. The maximum Gasteiger partial charge on any atom is 0.258 e. The highest BCUT2D eigenvalue weighted by atomic mass is 16.5. The van der Waals surface area contributed by atoms with Crippen molar-refractivity contribution in [2.24, 2.45) is 0 Å². The number of nitrogens with zero attached hydrogens (tertiary/aromatic N) is 6. The summed E-state index contributed by atoms with van der Waals surface area (Å²) in [6.45, 7) is 2.16. The van der Waals surface area contributed by atoms with Gasteiger partial charge in [-0.15, -0.1) is 0 Å². The number of nitrogens with two attached hydrogens (primary N) is 1. The van der Waals surface area contributed by atoms with Gasteiger partial charge in [-0.1, -0.05) is 0 Å². The number of methoxy groups -OCH3 is 1. The Kier molecular flexibility index (Phi) is 5.15. The van der Waals surface area contributed by atoms with Gasteiger partial charge >= 0.3 is 0 Å². The van der Waals surface area contributed by atoms with Gasteiger partial charge in [0.05, 0.1) is 19.8 Å². The summed E-state index contributed by atoms with van der Waals surface area (Å²) < 4.78 is 11.6. The number of nitrogen functional groups attached to an aromatic ring is 1. The molecule has 0 unspecified atom stereocenters. The topological polar surface area (TPSA) is 126 Å². The molecular weight excluding hydrogens is 264 g/mol. The van der Waals surface area contributed by atoms with E-state index < -0.39 is 0 Å². The van der Waals surface area contributed by atoms with Crippen molar-refractivity contribution in [2.45, 2.75) is 0 Å². The highest BCUT2D eigenvalue weighted by molar-refractivity contribution is 5.34. The van der Waals surface area contributed by atoms with Crippen molar-refractivity contribution in [1.29, 1.82) is 0 Å². The first-order valence-corrected chi connectivity index (χ1v) is 5.96. The van der Waals surface area contributed by atoms with E-state index in [4.69, 9.17) is 15.2 Å². The zero-order valence-corrected chi connectivity index (χ0v) is 11.1. The maximum atomic E-state index is 5.62. The first-order valence-electron chi connectivity index (χ1n) is 5.96. The highest BCUT2D eigenvalue weighted by Crippen LogP contribution is 2.05. The summed E-state index contributed by atoms with van der Waals surface area (Å²) in [6.07, 6.45) is 2.86. The van der Waals surface area contributed by atoms with E-state index in [0.717, 1.165) is 0 Å². The number of aromatic nitrogens is 6. The Bertz CT molecular complexity index is 518. The van der Waals surface area contributed by atoms with Crippen LogP contribution in [0, 0.1) is 0 Å².